The molecule has 98 valence electrons. The van der Waals surface area contributed by atoms with Crippen molar-refractivity contribution in [3.8, 4) is 0 Å². The lowest BCUT2D eigenvalue weighted by Gasteiger charge is -2.32. The van der Waals surface area contributed by atoms with E-state index in [0.29, 0.717) is 39.0 Å². The summed E-state index contributed by atoms with van der Waals surface area (Å²) in [6.45, 7) is 1.86. The topological polar surface area (TPSA) is 77.9 Å². The Morgan fingerprint density at radius 2 is 1.47 bits per heavy atom. The van der Waals surface area contributed by atoms with Crippen molar-refractivity contribution in [1.29, 1.82) is 0 Å². The van der Waals surface area contributed by atoms with Gasteiger partial charge in [0.25, 0.3) is 10.2 Å². The lowest BCUT2D eigenvalue weighted by molar-refractivity contribution is -0.142. The maximum Gasteiger partial charge on any atom is 0.306 e. The third-order valence-corrected chi connectivity index (χ3v) is 5.56. The standard InChI is InChI=1S/C10H18N2O4S/c13-10(14)9-3-7-12(8-4-9)17(15,16)11-5-1-2-6-11/h9H,1-8H2,(H,13,14). The van der Waals surface area contributed by atoms with E-state index in [2.05, 4.69) is 0 Å². The van der Waals surface area contributed by atoms with Crippen LogP contribution in [-0.4, -0.2) is 54.3 Å². The number of carboxylic acid groups (broad SMARTS) is 1. The number of nitrogens with zero attached hydrogens (tertiary/aromatic N) is 2. The molecule has 2 aliphatic rings. The summed E-state index contributed by atoms with van der Waals surface area (Å²) in [6.07, 6.45) is 2.68. The minimum absolute atomic E-state index is 0.329. The van der Waals surface area contributed by atoms with Crippen LogP contribution in [0.15, 0.2) is 0 Å². The molecule has 2 saturated heterocycles. The molecule has 0 aromatic heterocycles. The van der Waals surface area contributed by atoms with E-state index in [0.717, 1.165) is 12.8 Å². The molecule has 0 unspecified atom stereocenters. The van der Waals surface area contributed by atoms with E-state index >= 15 is 0 Å². The molecule has 0 aromatic carbocycles. The van der Waals surface area contributed by atoms with Crippen LogP contribution in [0, 0.1) is 5.92 Å². The molecule has 0 aromatic rings. The van der Waals surface area contributed by atoms with Gasteiger partial charge in [0.05, 0.1) is 5.92 Å². The molecule has 7 heteroatoms. The summed E-state index contributed by atoms with van der Waals surface area (Å²) in [5.74, 6) is -1.21. The molecule has 2 rings (SSSR count). The predicted octanol–water partition coefficient (Wildman–Crippen LogP) is 0.124. The van der Waals surface area contributed by atoms with Crippen LogP contribution in [0.1, 0.15) is 25.7 Å². The van der Waals surface area contributed by atoms with Crippen LogP contribution in [-0.2, 0) is 15.0 Å². The Morgan fingerprint density at radius 1 is 1.00 bits per heavy atom. The van der Waals surface area contributed by atoms with E-state index < -0.39 is 16.2 Å². The molecule has 0 atom stereocenters. The molecule has 0 spiro atoms. The van der Waals surface area contributed by atoms with Crippen molar-refractivity contribution in [2.45, 2.75) is 25.7 Å². The molecule has 6 nitrogen and oxygen atoms in total. The third kappa shape index (κ3) is 2.61. The van der Waals surface area contributed by atoms with Crippen molar-refractivity contribution in [2.75, 3.05) is 26.2 Å². The van der Waals surface area contributed by atoms with Gasteiger partial charge in [0.1, 0.15) is 0 Å². The van der Waals surface area contributed by atoms with Crippen LogP contribution in [0.4, 0.5) is 0 Å². The lowest BCUT2D eigenvalue weighted by Crippen LogP contribution is -2.46. The normalized spacial score (nSPS) is 25.2. The number of rotatable bonds is 3. The summed E-state index contributed by atoms with van der Waals surface area (Å²) in [5, 5.41) is 8.86. The van der Waals surface area contributed by atoms with Gasteiger partial charge in [-0.1, -0.05) is 0 Å². The molecule has 0 aliphatic carbocycles. The van der Waals surface area contributed by atoms with Gasteiger partial charge in [0, 0.05) is 26.2 Å². The Hall–Kier alpha value is -0.660. The van der Waals surface area contributed by atoms with Crippen molar-refractivity contribution >= 4 is 16.2 Å². The molecule has 1 N–H and O–H groups in total. The first-order valence-electron chi connectivity index (χ1n) is 6.00. The fourth-order valence-electron chi connectivity index (χ4n) is 2.42. The van der Waals surface area contributed by atoms with Crippen LogP contribution < -0.4 is 0 Å². The van der Waals surface area contributed by atoms with Crippen LogP contribution in [0.5, 0.6) is 0 Å². The number of hydrogen-bond donors (Lipinski definition) is 1. The number of carboxylic acids is 1. The van der Waals surface area contributed by atoms with Gasteiger partial charge in [-0.25, -0.2) is 0 Å². The predicted molar refractivity (Wildman–Crippen MR) is 61.7 cm³/mol. The molecule has 2 aliphatic heterocycles. The first kappa shape index (κ1) is 12.8. The summed E-state index contributed by atoms with van der Waals surface area (Å²) < 4.78 is 27.3. The lowest BCUT2D eigenvalue weighted by atomic mass is 9.99. The minimum atomic E-state index is -3.34. The Bertz CT molecular complexity index is 381. The van der Waals surface area contributed by atoms with E-state index in [1.54, 1.807) is 0 Å². The second-order valence-electron chi connectivity index (χ2n) is 4.63. The molecule has 0 bridgehead atoms. The largest absolute Gasteiger partial charge is 0.481 e. The van der Waals surface area contributed by atoms with Crippen LogP contribution >= 0.6 is 0 Å². The smallest absolute Gasteiger partial charge is 0.306 e. The van der Waals surface area contributed by atoms with Crippen molar-refractivity contribution < 1.29 is 18.3 Å². The van der Waals surface area contributed by atoms with Crippen LogP contribution in [0.3, 0.4) is 0 Å². The highest BCUT2D eigenvalue weighted by Gasteiger charge is 2.35. The minimum Gasteiger partial charge on any atom is -0.481 e. The van der Waals surface area contributed by atoms with Crippen molar-refractivity contribution in [2.24, 2.45) is 5.92 Å². The van der Waals surface area contributed by atoms with Gasteiger partial charge in [-0.15, -0.1) is 0 Å². The second kappa shape index (κ2) is 4.91. The van der Waals surface area contributed by atoms with E-state index in [9.17, 15) is 13.2 Å². The van der Waals surface area contributed by atoms with Crippen molar-refractivity contribution in [1.82, 2.24) is 8.61 Å². The summed E-state index contributed by atoms with van der Waals surface area (Å²) in [4.78, 5) is 10.8. The first-order valence-corrected chi connectivity index (χ1v) is 7.39. The Labute approximate surface area is 101 Å². The molecule has 0 radical (unpaired) electrons. The Kier molecular flexibility index (Phi) is 3.70. The molecule has 2 heterocycles. The summed E-state index contributed by atoms with van der Waals surface area (Å²) in [6, 6.07) is 0. The maximum absolute atomic E-state index is 12.2. The molecular weight excluding hydrogens is 244 g/mol. The number of aliphatic carboxylic acids is 1. The quantitative estimate of drug-likeness (QED) is 0.784. The molecule has 0 saturated carbocycles. The van der Waals surface area contributed by atoms with Crippen molar-refractivity contribution in [3.05, 3.63) is 0 Å². The zero-order valence-electron chi connectivity index (χ0n) is 9.71. The molecular formula is C10H18N2O4S. The summed E-state index contributed by atoms with van der Waals surface area (Å²) in [5.41, 5.74) is 0. The molecule has 2 fully saturated rings. The SMILES string of the molecule is O=C(O)C1CCN(S(=O)(=O)N2CCCC2)CC1. The highest BCUT2D eigenvalue weighted by Crippen LogP contribution is 2.23. The van der Waals surface area contributed by atoms with Crippen LogP contribution in [0.25, 0.3) is 0 Å². The Balaban J connectivity index is 1.98. The van der Waals surface area contributed by atoms with Crippen LogP contribution in [0.2, 0.25) is 0 Å². The van der Waals surface area contributed by atoms with E-state index in [4.69, 9.17) is 5.11 Å². The van der Waals surface area contributed by atoms with Gasteiger partial charge in [-0.3, -0.25) is 4.79 Å². The maximum atomic E-state index is 12.2. The highest BCUT2D eigenvalue weighted by molar-refractivity contribution is 7.86. The number of piperidine rings is 1. The zero-order valence-corrected chi connectivity index (χ0v) is 10.5. The average Bonchev–Trinajstić information content (AvgIpc) is 2.83. The van der Waals surface area contributed by atoms with Gasteiger partial charge in [-0.05, 0) is 25.7 Å². The zero-order chi connectivity index (χ0) is 12.5. The van der Waals surface area contributed by atoms with E-state index in [-0.39, 0.29) is 5.92 Å². The fourth-order valence-corrected chi connectivity index (χ4v) is 4.13. The summed E-state index contributed by atoms with van der Waals surface area (Å²) >= 11 is 0. The summed E-state index contributed by atoms with van der Waals surface area (Å²) in [7, 11) is -3.34. The third-order valence-electron chi connectivity index (χ3n) is 3.52. The fraction of sp³-hybridized carbons (Fsp3) is 0.900. The van der Waals surface area contributed by atoms with E-state index in [1.165, 1.54) is 8.61 Å². The van der Waals surface area contributed by atoms with Gasteiger partial charge in [0.2, 0.25) is 0 Å². The highest BCUT2D eigenvalue weighted by atomic mass is 32.2. The average molecular weight is 262 g/mol. The monoisotopic (exact) mass is 262 g/mol. The number of hydrogen-bond acceptors (Lipinski definition) is 3. The number of carbonyl (C=O) groups is 1. The van der Waals surface area contributed by atoms with Crippen molar-refractivity contribution in [3.63, 3.8) is 0 Å². The van der Waals surface area contributed by atoms with Gasteiger partial charge in [-0.2, -0.15) is 17.0 Å². The first-order chi connectivity index (χ1) is 8.01. The molecule has 0 amide bonds. The second-order valence-corrected chi connectivity index (χ2v) is 6.55. The van der Waals surface area contributed by atoms with E-state index in [1.807, 2.05) is 0 Å². The van der Waals surface area contributed by atoms with Gasteiger partial charge >= 0.3 is 5.97 Å². The van der Waals surface area contributed by atoms with Gasteiger partial charge in [0.15, 0.2) is 0 Å². The Morgan fingerprint density at radius 3 is 1.94 bits per heavy atom. The van der Waals surface area contributed by atoms with Gasteiger partial charge < -0.3 is 5.11 Å². The molecule has 17 heavy (non-hydrogen) atoms.